The number of aliphatic hydroxyl groups is 2. The number of likely N-dealkylation sites (N-methyl/N-ethyl adjacent to an activating group) is 1. The number of carboxylic acid groups (broad SMARTS) is 1. The fourth-order valence-electron chi connectivity index (χ4n) is 6.29. The number of carbonyl (C=O) groups excluding carboxylic acids is 1. The molecule has 2 heterocycles. The van der Waals surface area contributed by atoms with Crippen LogP contribution in [0.2, 0.25) is 0 Å². The number of hydrogen-bond donors (Lipinski definition) is 5. The number of fused-ring (bicyclic) bond motifs is 2. The summed E-state index contributed by atoms with van der Waals surface area (Å²) in [4.78, 5) is 31.2. The predicted octanol–water partition coefficient (Wildman–Crippen LogP) is 4.58. The molecule has 5 N–H and O–H groups in total. The number of piperazine rings is 1. The van der Waals surface area contributed by atoms with E-state index in [0.29, 0.717) is 18.5 Å². The normalized spacial score (nSPS) is 16.7. The summed E-state index contributed by atoms with van der Waals surface area (Å²) in [7, 11) is 2.06. The van der Waals surface area contributed by atoms with Crippen molar-refractivity contribution in [3.05, 3.63) is 88.0 Å². The Balaban J connectivity index is 1.50. The van der Waals surface area contributed by atoms with Crippen LogP contribution in [0, 0.1) is 5.82 Å². The minimum atomic E-state index is -1.19. The molecule has 5 rings (SSSR count). The average Bonchev–Trinajstić information content (AvgIpc) is 3.19. The summed E-state index contributed by atoms with van der Waals surface area (Å²) in [5.74, 6) is -1.47. The molecule has 47 heavy (non-hydrogen) atoms. The molecule has 2 atom stereocenters. The largest absolute Gasteiger partial charge is 0.481 e. The third-order valence-corrected chi connectivity index (χ3v) is 8.76. The minimum absolute atomic E-state index is 0.0224. The number of halogens is 1. The first-order chi connectivity index (χ1) is 22.5. The summed E-state index contributed by atoms with van der Waals surface area (Å²) < 4.78 is 14.1. The third-order valence-electron chi connectivity index (χ3n) is 8.76. The van der Waals surface area contributed by atoms with Crippen LogP contribution in [0.25, 0.3) is 17.2 Å². The van der Waals surface area contributed by atoms with E-state index in [1.807, 2.05) is 37.1 Å². The second-order valence-corrected chi connectivity index (χ2v) is 12.8. The highest BCUT2D eigenvalue weighted by molar-refractivity contribution is 5.89. The van der Waals surface area contributed by atoms with Crippen LogP contribution in [-0.2, 0) is 24.1 Å². The number of hydrazine groups is 1. The van der Waals surface area contributed by atoms with Crippen LogP contribution in [0.5, 0.6) is 0 Å². The van der Waals surface area contributed by atoms with Crippen molar-refractivity contribution in [2.75, 3.05) is 38.5 Å². The molecule has 1 saturated heterocycles. The maximum absolute atomic E-state index is 14.1. The van der Waals surface area contributed by atoms with E-state index < -0.39 is 24.6 Å². The molecule has 1 aliphatic carbocycles. The second-order valence-electron chi connectivity index (χ2n) is 12.8. The number of nitrogens with zero attached hydrogens (tertiary/aromatic N) is 3. The van der Waals surface area contributed by atoms with Crippen LogP contribution in [0.3, 0.4) is 0 Å². The van der Waals surface area contributed by atoms with E-state index in [4.69, 9.17) is 10.1 Å². The topological polar surface area (TPSA) is 138 Å². The van der Waals surface area contributed by atoms with Gasteiger partial charge in [-0.3, -0.25) is 15.2 Å². The highest BCUT2D eigenvalue weighted by atomic mass is 19.1. The molecule has 1 fully saturated rings. The van der Waals surface area contributed by atoms with Gasteiger partial charge in [0.25, 0.3) is 0 Å². The Morgan fingerprint density at radius 2 is 1.74 bits per heavy atom. The average molecular weight is 646 g/mol. The molecule has 250 valence electrons. The quantitative estimate of drug-likeness (QED) is 0.216. The SMILES string of the molecule is CC(C)c1nc2c(c(-c3ccc(F)cc3)c1C=C[C@@H](O)C[C@@H](O)CC(=O)O)Cc1cc(NC(=O)NN3CCN(C)CC3)ccc1CC2. The number of aryl methyl sites for hydroxylation is 2. The monoisotopic (exact) mass is 645 g/mol. The molecule has 0 bridgehead atoms. The van der Waals surface area contributed by atoms with E-state index in [1.165, 1.54) is 12.1 Å². The van der Waals surface area contributed by atoms with Crippen LogP contribution < -0.4 is 10.7 Å². The fourth-order valence-corrected chi connectivity index (χ4v) is 6.29. The van der Waals surface area contributed by atoms with E-state index in [-0.39, 0.29) is 24.2 Å². The first kappa shape index (κ1) is 34.2. The molecule has 2 aliphatic rings. The number of amides is 2. The molecular formula is C36H44FN5O5. The Morgan fingerprint density at radius 3 is 2.43 bits per heavy atom. The van der Waals surface area contributed by atoms with Gasteiger partial charge in [0.2, 0.25) is 0 Å². The fraction of sp³-hybridized carbons (Fsp3) is 0.417. The lowest BCUT2D eigenvalue weighted by Crippen LogP contribution is -2.53. The lowest BCUT2D eigenvalue weighted by Gasteiger charge is -2.32. The molecule has 0 unspecified atom stereocenters. The predicted molar refractivity (Wildman–Crippen MR) is 180 cm³/mol. The number of anilines is 1. The van der Waals surface area contributed by atoms with Gasteiger partial charge in [-0.1, -0.05) is 44.2 Å². The zero-order valence-corrected chi connectivity index (χ0v) is 27.2. The van der Waals surface area contributed by atoms with Crippen LogP contribution in [0.1, 0.15) is 66.2 Å². The lowest BCUT2D eigenvalue weighted by atomic mass is 9.86. The van der Waals surface area contributed by atoms with Crippen molar-refractivity contribution in [1.82, 2.24) is 20.3 Å². The van der Waals surface area contributed by atoms with Gasteiger partial charge in [0, 0.05) is 56.0 Å². The number of nitrogens with one attached hydrogen (secondary N) is 2. The van der Waals surface area contributed by atoms with Crippen molar-refractivity contribution in [3.8, 4) is 11.1 Å². The maximum Gasteiger partial charge on any atom is 0.333 e. The van der Waals surface area contributed by atoms with Gasteiger partial charge in [-0.05, 0) is 77.9 Å². The van der Waals surface area contributed by atoms with Gasteiger partial charge in [0.15, 0.2) is 0 Å². The van der Waals surface area contributed by atoms with Gasteiger partial charge >= 0.3 is 12.0 Å². The van der Waals surface area contributed by atoms with Gasteiger partial charge in [-0.25, -0.2) is 14.2 Å². The first-order valence-corrected chi connectivity index (χ1v) is 16.2. The van der Waals surface area contributed by atoms with Crippen molar-refractivity contribution < 1.29 is 29.3 Å². The standard InChI is InChI=1S/C36H44FN5O5/c1-22(2)35-30(12-11-28(43)20-29(44)21-33(45)46)34(24-4-8-26(37)9-5-24)31-19-25-18-27(10-6-23(25)7-13-32(31)39-35)38-36(47)40-42-16-14-41(3)15-17-42/h4-6,8-12,18,22,28-29,43-44H,7,13-17,19-21H2,1-3H3,(H,45,46)(H2,38,40,47)/t28-,29-/m1/s1. The number of benzene rings is 2. The summed E-state index contributed by atoms with van der Waals surface area (Å²) in [6.07, 6.45) is 2.45. The number of rotatable bonds is 10. The van der Waals surface area contributed by atoms with Crippen molar-refractivity contribution in [1.29, 1.82) is 0 Å². The number of aliphatic carboxylic acids is 1. The summed E-state index contributed by atoms with van der Waals surface area (Å²) in [6.45, 7) is 7.35. The number of pyridine rings is 1. The molecule has 1 aliphatic heterocycles. The highest BCUT2D eigenvalue weighted by Gasteiger charge is 2.25. The molecule has 1 aromatic heterocycles. The van der Waals surface area contributed by atoms with E-state index in [9.17, 15) is 24.2 Å². The molecular weight excluding hydrogens is 601 g/mol. The number of hydrogen-bond acceptors (Lipinski definition) is 7. The van der Waals surface area contributed by atoms with Gasteiger partial charge < -0.3 is 25.5 Å². The zero-order valence-electron chi connectivity index (χ0n) is 27.2. The van der Waals surface area contributed by atoms with Crippen molar-refractivity contribution in [2.24, 2.45) is 0 Å². The number of urea groups is 1. The van der Waals surface area contributed by atoms with Gasteiger partial charge in [-0.15, -0.1) is 0 Å². The number of carbonyl (C=O) groups is 2. The first-order valence-electron chi connectivity index (χ1n) is 16.2. The number of carboxylic acids is 1. The van der Waals surface area contributed by atoms with E-state index in [1.54, 1.807) is 24.3 Å². The smallest absolute Gasteiger partial charge is 0.333 e. The summed E-state index contributed by atoms with van der Waals surface area (Å²) >= 11 is 0. The summed E-state index contributed by atoms with van der Waals surface area (Å²) in [5, 5.41) is 34.7. The molecule has 2 amide bonds. The van der Waals surface area contributed by atoms with Gasteiger partial charge in [0.05, 0.1) is 24.3 Å². The maximum atomic E-state index is 14.1. The Morgan fingerprint density at radius 1 is 1.02 bits per heavy atom. The number of aromatic nitrogens is 1. The van der Waals surface area contributed by atoms with E-state index >= 15 is 0 Å². The molecule has 2 aromatic carbocycles. The molecule has 3 aromatic rings. The molecule has 0 saturated carbocycles. The van der Waals surface area contributed by atoms with Crippen molar-refractivity contribution >= 4 is 23.8 Å². The molecule has 0 radical (unpaired) electrons. The van der Waals surface area contributed by atoms with Crippen LogP contribution in [0.15, 0.2) is 48.5 Å². The lowest BCUT2D eigenvalue weighted by molar-refractivity contribution is -0.139. The second kappa shape index (κ2) is 15.2. The minimum Gasteiger partial charge on any atom is -0.481 e. The summed E-state index contributed by atoms with van der Waals surface area (Å²) in [6, 6.07) is 12.0. The summed E-state index contributed by atoms with van der Waals surface area (Å²) in [5.41, 5.74) is 11.0. The van der Waals surface area contributed by atoms with E-state index in [2.05, 4.69) is 22.7 Å². The molecule has 0 spiro atoms. The zero-order chi connectivity index (χ0) is 33.7. The molecule has 10 nitrogen and oxygen atoms in total. The highest BCUT2D eigenvalue weighted by Crippen LogP contribution is 2.39. The number of aliphatic hydroxyl groups excluding tert-OH is 2. The van der Waals surface area contributed by atoms with Crippen molar-refractivity contribution in [3.63, 3.8) is 0 Å². The van der Waals surface area contributed by atoms with Crippen LogP contribution in [-0.4, -0.2) is 87.6 Å². The molecule has 11 heteroatoms. The van der Waals surface area contributed by atoms with Crippen LogP contribution in [0.4, 0.5) is 14.9 Å². The Kier molecular flexibility index (Phi) is 11.0. The Bertz CT molecular complexity index is 1620. The Labute approximate surface area is 274 Å². The van der Waals surface area contributed by atoms with Crippen LogP contribution >= 0.6 is 0 Å². The Hall–Kier alpha value is -4.16. The van der Waals surface area contributed by atoms with Gasteiger partial charge in [0.1, 0.15) is 5.82 Å². The third kappa shape index (κ3) is 8.81. The van der Waals surface area contributed by atoms with E-state index in [0.717, 1.165) is 77.4 Å². The van der Waals surface area contributed by atoms with Gasteiger partial charge in [-0.2, -0.15) is 0 Å². The van der Waals surface area contributed by atoms with Crippen molar-refractivity contribution in [2.45, 2.75) is 64.1 Å².